The summed E-state index contributed by atoms with van der Waals surface area (Å²) in [5.41, 5.74) is 3.87. The molecule has 0 bridgehead atoms. The number of nitrogens with one attached hydrogen (secondary N) is 1. The molecule has 5 heteroatoms. The lowest BCUT2D eigenvalue weighted by Crippen LogP contribution is -2.23. The van der Waals surface area contributed by atoms with Gasteiger partial charge in [-0.3, -0.25) is 9.79 Å². The number of ether oxygens (including phenoxy) is 2. The average Bonchev–Trinajstić information content (AvgIpc) is 3.03. The highest BCUT2D eigenvalue weighted by Crippen LogP contribution is 2.40. The number of carbonyl (C=O) groups is 1. The summed E-state index contributed by atoms with van der Waals surface area (Å²) in [5.74, 6) is -0.00737. The Bertz CT molecular complexity index is 1050. The van der Waals surface area contributed by atoms with E-state index in [0.717, 1.165) is 33.5 Å². The van der Waals surface area contributed by atoms with Crippen LogP contribution in [0.15, 0.2) is 53.5 Å². The molecule has 2 aromatic carbocycles. The number of rotatable bonds is 5. The molecule has 1 aromatic heterocycles. The fraction of sp³-hybridized carbons (Fsp3) is 0.333. The van der Waals surface area contributed by atoms with Crippen LogP contribution in [0.5, 0.6) is 5.75 Å². The number of fused-ring (bicyclic) bond motifs is 3. The zero-order valence-electron chi connectivity index (χ0n) is 17.1. The Morgan fingerprint density at radius 3 is 2.76 bits per heavy atom. The van der Waals surface area contributed by atoms with Crippen LogP contribution in [-0.4, -0.2) is 30.3 Å². The molecule has 29 heavy (non-hydrogen) atoms. The molecular weight excluding hydrogens is 364 g/mol. The number of H-pyrrole nitrogens is 1. The Labute approximate surface area is 170 Å². The summed E-state index contributed by atoms with van der Waals surface area (Å²) in [7, 11) is 0. The highest BCUT2D eigenvalue weighted by atomic mass is 16.5. The second-order valence-corrected chi connectivity index (χ2v) is 8.00. The van der Waals surface area contributed by atoms with Gasteiger partial charge in [0, 0.05) is 40.8 Å². The first-order valence-electron chi connectivity index (χ1n) is 9.99. The number of hydrogen-bond donors (Lipinski definition) is 1. The molecule has 5 nitrogen and oxygen atoms in total. The Balaban J connectivity index is 1.72. The number of benzene rings is 2. The van der Waals surface area contributed by atoms with Crippen molar-refractivity contribution < 1.29 is 14.3 Å². The van der Waals surface area contributed by atoms with E-state index in [9.17, 15) is 4.79 Å². The fourth-order valence-electron chi connectivity index (χ4n) is 3.94. The molecule has 1 aliphatic rings. The van der Waals surface area contributed by atoms with Gasteiger partial charge in [-0.15, -0.1) is 0 Å². The Morgan fingerprint density at radius 2 is 2.00 bits per heavy atom. The van der Waals surface area contributed by atoms with E-state index in [-0.39, 0.29) is 11.4 Å². The van der Waals surface area contributed by atoms with Gasteiger partial charge >= 0.3 is 5.97 Å². The molecule has 1 atom stereocenters. The van der Waals surface area contributed by atoms with Gasteiger partial charge in [0.15, 0.2) is 0 Å². The van der Waals surface area contributed by atoms with Crippen molar-refractivity contribution in [2.45, 2.75) is 38.7 Å². The van der Waals surface area contributed by atoms with Gasteiger partial charge < -0.3 is 14.5 Å². The molecule has 1 unspecified atom stereocenters. The predicted molar refractivity (Wildman–Crippen MR) is 115 cm³/mol. The van der Waals surface area contributed by atoms with Crippen molar-refractivity contribution in [1.82, 2.24) is 4.98 Å². The van der Waals surface area contributed by atoms with Gasteiger partial charge in [-0.25, -0.2) is 0 Å². The zero-order valence-corrected chi connectivity index (χ0v) is 17.1. The molecule has 0 saturated carbocycles. The Kier molecular flexibility index (Phi) is 5.14. The van der Waals surface area contributed by atoms with E-state index in [1.807, 2.05) is 49.4 Å². The molecule has 0 saturated heterocycles. The van der Waals surface area contributed by atoms with Gasteiger partial charge in [-0.2, -0.15) is 0 Å². The molecule has 0 aliphatic carbocycles. The summed E-state index contributed by atoms with van der Waals surface area (Å²) in [4.78, 5) is 20.5. The average molecular weight is 390 g/mol. The highest BCUT2D eigenvalue weighted by Gasteiger charge is 2.35. The maximum absolute atomic E-state index is 12.6. The number of aliphatic imine (C=N–C) groups is 1. The van der Waals surface area contributed by atoms with E-state index in [1.54, 1.807) is 6.21 Å². The number of hydrogen-bond acceptors (Lipinski definition) is 4. The van der Waals surface area contributed by atoms with Gasteiger partial charge in [-0.1, -0.05) is 44.2 Å². The first kappa shape index (κ1) is 19.2. The van der Waals surface area contributed by atoms with E-state index >= 15 is 0 Å². The third-order valence-electron chi connectivity index (χ3n) is 5.32. The van der Waals surface area contributed by atoms with Gasteiger partial charge in [0.2, 0.25) is 0 Å². The Morgan fingerprint density at radius 1 is 1.21 bits per heavy atom. The minimum absolute atomic E-state index is 0.197. The molecule has 150 valence electrons. The van der Waals surface area contributed by atoms with Crippen LogP contribution < -0.4 is 4.74 Å². The Hall–Kier alpha value is -3.08. The van der Waals surface area contributed by atoms with Gasteiger partial charge in [-0.05, 0) is 30.2 Å². The van der Waals surface area contributed by atoms with Gasteiger partial charge in [0.05, 0.1) is 6.61 Å². The summed E-state index contributed by atoms with van der Waals surface area (Å²) >= 11 is 0. The molecule has 3 aromatic rings. The molecule has 1 aliphatic heterocycles. The van der Waals surface area contributed by atoms with Crippen LogP contribution >= 0.6 is 0 Å². The summed E-state index contributed by atoms with van der Waals surface area (Å²) in [6.45, 7) is 7.61. The molecule has 0 radical (unpaired) electrons. The quantitative estimate of drug-likeness (QED) is 0.639. The summed E-state index contributed by atoms with van der Waals surface area (Å²) in [6.07, 6.45) is 1.72. The number of esters is 1. The number of aromatic nitrogens is 1. The van der Waals surface area contributed by atoms with E-state index < -0.39 is 5.92 Å². The number of nitrogens with zero attached hydrogens (tertiary/aromatic N) is 1. The van der Waals surface area contributed by atoms with E-state index in [1.165, 1.54) is 0 Å². The molecule has 2 heterocycles. The smallest absolute Gasteiger partial charge is 0.320 e. The zero-order chi connectivity index (χ0) is 20.4. The first-order chi connectivity index (χ1) is 14.0. The monoisotopic (exact) mass is 390 g/mol. The first-order valence-corrected chi connectivity index (χ1v) is 9.99. The summed E-state index contributed by atoms with van der Waals surface area (Å²) in [6, 6.07) is 16.1. The maximum Gasteiger partial charge on any atom is 0.320 e. The van der Waals surface area contributed by atoms with Crippen molar-refractivity contribution >= 4 is 23.1 Å². The second-order valence-electron chi connectivity index (χ2n) is 8.00. The summed E-state index contributed by atoms with van der Waals surface area (Å²) < 4.78 is 11.3. The maximum atomic E-state index is 12.6. The van der Waals surface area contributed by atoms with Crippen molar-refractivity contribution in [3.8, 4) is 5.75 Å². The van der Waals surface area contributed by atoms with Crippen LogP contribution in [0.25, 0.3) is 10.9 Å². The molecule has 1 N–H and O–H groups in total. The number of aromatic amines is 1. The molecular formula is C24H26N2O3. The second kappa shape index (κ2) is 7.74. The predicted octanol–water partition coefficient (Wildman–Crippen LogP) is 4.76. The van der Waals surface area contributed by atoms with Crippen LogP contribution in [-0.2, 0) is 21.6 Å². The van der Waals surface area contributed by atoms with E-state index in [0.29, 0.717) is 19.8 Å². The van der Waals surface area contributed by atoms with E-state index in [2.05, 4.69) is 29.9 Å². The van der Waals surface area contributed by atoms with Crippen LogP contribution in [0, 0.1) is 0 Å². The van der Waals surface area contributed by atoms with Crippen molar-refractivity contribution in [2.24, 2.45) is 4.99 Å². The van der Waals surface area contributed by atoms with Crippen molar-refractivity contribution in [3.05, 3.63) is 65.4 Å². The molecule has 4 rings (SSSR count). The van der Waals surface area contributed by atoms with Gasteiger partial charge in [0.25, 0.3) is 0 Å². The van der Waals surface area contributed by atoms with Crippen LogP contribution in [0.3, 0.4) is 0 Å². The van der Waals surface area contributed by atoms with Crippen LogP contribution in [0.1, 0.15) is 43.5 Å². The van der Waals surface area contributed by atoms with Crippen molar-refractivity contribution in [2.75, 3.05) is 13.2 Å². The topological polar surface area (TPSA) is 63.7 Å². The third-order valence-corrected chi connectivity index (χ3v) is 5.32. The lowest BCUT2D eigenvalue weighted by molar-refractivity contribution is -0.143. The standard InChI is InChI=1S/C24H26N2O3/c1-4-28-23(27)19-13-25-15-24(2,3)21-18-11-10-17(12-20(18)26-22(19)21)29-14-16-8-6-5-7-9-16/h5-13,19,26H,4,14-15H2,1-3H3. The van der Waals surface area contributed by atoms with Gasteiger partial charge in [0.1, 0.15) is 18.3 Å². The fourth-order valence-corrected chi connectivity index (χ4v) is 3.94. The molecule has 0 amide bonds. The highest BCUT2D eigenvalue weighted by molar-refractivity contribution is 5.99. The molecule has 0 fully saturated rings. The van der Waals surface area contributed by atoms with Crippen LogP contribution in [0.2, 0.25) is 0 Å². The minimum atomic E-state index is -0.521. The minimum Gasteiger partial charge on any atom is -0.489 e. The largest absolute Gasteiger partial charge is 0.489 e. The van der Waals surface area contributed by atoms with Crippen molar-refractivity contribution in [1.29, 1.82) is 0 Å². The number of carbonyl (C=O) groups excluding carboxylic acids is 1. The lowest BCUT2D eigenvalue weighted by atomic mass is 9.81. The lowest BCUT2D eigenvalue weighted by Gasteiger charge is -2.23. The third kappa shape index (κ3) is 3.77. The van der Waals surface area contributed by atoms with Crippen molar-refractivity contribution in [3.63, 3.8) is 0 Å². The normalized spacial score (nSPS) is 17.6. The van der Waals surface area contributed by atoms with Crippen LogP contribution in [0.4, 0.5) is 0 Å². The molecule has 0 spiro atoms. The van der Waals surface area contributed by atoms with E-state index in [4.69, 9.17) is 9.47 Å². The SMILES string of the molecule is CCOC(=O)C1C=NCC(C)(C)c2c1[nH]c1cc(OCc3ccccc3)ccc21. The summed E-state index contributed by atoms with van der Waals surface area (Å²) in [5, 5.41) is 1.09.